The molecule has 5 nitrogen and oxygen atoms in total. The molecule has 114 valence electrons. The molecular weight excluding hydrogens is 266 g/mol. The molecule has 2 aromatic rings. The number of hydrogen-bond acceptors (Lipinski definition) is 4. The van der Waals surface area contributed by atoms with E-state index in [1.54, 1.807) is 6.20 Å². The van der Waals surface area contributed by atoms with Gasteiger partial charge in [0.2, 0.25) is 0 Å². The van der Waals surface area contributed by atoms with Gasteiger partial charge < -0.3 is 19.4 Å². The second-order valence-electron chi connectivity index (χ2n) is 4.72. The molecule has 0 spiro atoms. The second kappa shape index (κ2) is 7.69. The quantitative estimate of drug-likeness (QED) is 0.810. The van der Waals surface area contributed by atoms with E-state index < -0.39 is 0 Å². The van der Waals surface area contributed by atoms with Crippen molar-refractivity contribution in [2.75, 3.05) is 20.3 Å². The van der Waals surface area contributed by atoms with Crippen LogP contribution in [-0.4, -0.2) is 29.8 Å². The minimum Gasteiger partial charge on any atom is -0.490 e. The number of ether oxygens (including phenoxy) is 2. The lowest BCUT2D eigenvalue weighted by Gasteiger charge is -2.16. The van der Waals surface area contributed by atoms with Crippen LogP contribution in [0.5, 0.6) is 11.5 Å². The summed E-state index contributed by atoms with van der Waals surface area (Å²) in [7, 11) is 1.92. The van der Waals surface area contributed by atoms with Crippen molar-refractivity contribution in [1.82, 2.24) is 14.9 Å². The molecule has 0 saturated carbocycles. The zero-order valence-corrected chi connectivity index (χ0v) is 12.9. The van der Waals surface area contributed by atoms with Gasteiger partial charge in [-0.3, -0.25) is 0 Å². The molecule has 0 amide bonds. The van der Waals surface area contributed by atoms with Crippen LogP contribution >= 0.6 is 0 Å². The maximum Gasteiger partial charge on any atom is 0.165 e. The Morgan fingerprint density at radius 1 is 1.29 bits per heavy atom. The highest BCUT2D eigenvalue weighted by Gasteiger charge is 2.10. The molecule has 0 saturated heterocycles. The van der Waals surface area contributed by atoms with Crippen molar-refractivity contribution >= 4 is 0 Å². The maximum atomic E-state index is 5.99. The summed E-state index contributed by atoms with van der Waals surface area (Å²) in [4.78, 5) is 4.21. The van der Waals surface area contributed by atoms with Gasteiger partial charge in [0.1, 0.15) is 12.4 Å². The van der Waals surface area contributed by atoms with E-state index in [-0.39, 0.29) is 0 Å². The first kappa shape index (κ1) is 15.4. The average molecular weight is 289 g/mol. The molecule has 21 heavy (non-hydrogen) atoms. The minimum atomic E-state index is 0.581. The Morgan fingerprint density at radius 2 is 2.14 bits per heavy atom. The van der Waals surface area contributed by atoms with Crippen LogP contribution in [0.3, 0.4) is 0 Å². The van der Waals surface area contributed by atoms with E-state index in [9.17, 15) is 0 Å². The number of nitrogens with one attached hydrogen (secondary N) is 1. The summed E-state index contributed by atoms with van der Waals surface area (Å²) in [5.41, 5.74) is 1.10. The third-order valence-electron chi connectivity index (χ3n) is 3.23. The van der Waals surface area contributed by atoms with Crippen LogP contribution in [0.15, 0.2) is 30.6 Å². The van der Waals surface area contributed by atoms with Crippen LogP contribution in [0, 0.1) is 6.92 Å². The first-order valence-corrected chi connectivity index (χ1v) is 7.26. The second-order valence-corrected chi connectivity index (χ2v) is 4.72. The third-order valence-corrected chi connectivity index (χ3v) is 3.23. The van der Waals surface area contributed by atoms with Gasteiger partial charge in [-0.05, 0) is 27.0 Å². The van der Waals surface area contributed by atoms with Crippen LogP contribution in [0.25, 0.3) is 0 Å². The maximum absolute atomic E-state index is 5.99. The SMILES string of the molecule is CCOc1cccc(CNC)c1OCCn1ccnc1C. The number of imidazole rings is 1. The summed E-state index contributed by atoms with van der Waals surface area (Å²) >= 11 is 0. The summed E-state index contributed by atoms with van der Waals surface area (Å²) in [5.74, 6) is 2.62. The monoisotopic (exact) mass is 289 g/mol. The fraction of sp³-hybridized carbons (Fsp3) is 0.438. The topological polar surface area (TPSA) is 48.3 Å². The van der Waals surface area contributed by atoms with E-state index in [4.69, 9.17) is 9.47 Å². The molecule has 0 aliphatic rings. The standard InChI is InChI=1S/C16H23N3O2/c1-4-20-15-7-5-6-14(12-17-3)16(15)21-11-10-19-9-8-18-13(19)2/h5-9,17H,4,10-12H2,1-3H3. The summed E-state index contributed by atoms with van der Waals surface area (Å²) in [6.07, 6.45) is 3.76. The molecule has 1 heterocycles. The Hall–Kier alpha value is -2.01. The first-order valence-electron chi connectivity index (χ1n) is 7.26. The van der Waals surface area contributed by atoms with Crippen molar-refractivity contribution in [3.8, 4) is 11.5 Å². The van der Waals surface area contributed by atoms with Crippen molar-refractivity contribution in [1.29, 1.82) is 0 Å². The van der Waals surface area contributed by atoms with Crippen LogP contribution in [0.4, 0.5) is 0 Å². The predicted molar refractivity (Wildman–Crippen MR) is 82.8 cm³/mol. The van der Waals surface area contributed by atoms with Crippen LogP contribution in [-0.2, 0) is 13.1 Å². The van der Waals surface area contributed by atoms with Gasteiger partial charge in [-0.1, -0.05) is 12.1 Å². The highest BCUT2D eigenvalue weighted by Crippen LogP contribution is 2.31. The van der Waals surface area contributed by atoms with E-state index in [2.05, 4.69) is 20.9 Å². The highest BCUT2D eigenvalue weighted by molar-refractivity contribution is 5.46. The van der Waals surface area contributed by atoms with Crippen molar-refractivity contribution in [3.63, 3.8) is 0 Å². The number of hydrogen-bond donors (Lipinski definition) is 1. The van der Waals surface area contributed by atoms with Gasteiger partial charge in [-0.15, -0.1) is 0 Å². The summed E-state index contributed by atoms with van der Waals surface area (Å²) < 4.78 is 13.7. The van der Waals surface area contributed by atoms with Gasteiger partial charge in [-0.2, -0.15) is 0 Å². The van der Waals surface area contributed by atoms with Gasteiger partial charge in [0, 0.05) is 24.5 Å². The van der Waals surface area contributed by atoms with E-state index in [1.165, 1.54) is 0 Å². The Labute approximate surface area is 125 Å². The molecule has 2 rings (SSSR count). The van der Waals surface area contributed by atoms with Crippen molar-refractivity contribution in [2.45, 2.75) is 26.9 Å². The Kier molecular flexibility index (Phi) is 5.63. The lowest BCUT2D eigenvalue weighted by atomic mass is 10.2. The number of benzene rings is 1. The fourth-order valence-corrected chi connectivity index (χ4v) is 2.21. The van der Waals surface area contributed by atoms with E-state index in [1.807, 2.05) is 39.2 Å². The van der Waals surface area contributed by atoms with Crippen LogP contribution < -0.4 is 14.8 Å². The Bertz CT molecular complexity index is 542. The summed E-state index contributed by atoms with van der Waals surface area (Å²) in [5, 5.41) is 3.16. The molecule has 1 N–H and O–H groups in total. The molecule has 0 aliphatic heterocycles. The van der Waals surface area contributed by atoms with Crippen molar-refractivity contribution in [3.05, 3.63) is 42.0 Å². The normalized spacial score (nSPS) is 10.6. The molecule has 5 heteroatoms. The molecule has 1 aromatic carbocycles. The fourth-order valence-electron chi connectivity index (χ4n) is 2.21. The van der Waals surface area contributed by atoms with Crippen molar-refractivity contribution < 1.29 is 9.47 Å². The smallest absolute Gasteiger partial charge is 0.165 e. The molecule has 0 radical (unpaired) electrons. The largest absolute Gasteiger partial charge is 0.490 e. The molecular formula is C16H23N3O2. The van der Waals surface area contributed by atoms with E-state index >= 15 is 0 Å². The molecule has 1 aromatic heterocycles. The van der Waals surface area contributed by atoms with E-state index in [0.29, 0.717) is 13.2 Å². The number of aromatic nitrogens is 2. The lowest BCUT2D eigenvalue weighted by molar-refractivity contribution is 0.263. The lowest BCUT2D eigenvalue weighted by Crippen LogP contribution is -2.13. The molecule has 0 aliphatic carbocycles. The van der Waals surface area contributed by atoms with Crippen molar-refractivity contribution in [2.24, 2.45) is 0 Å². The Morgan fingerprint density at radius 3 is 2.81 bits per heavy atom. The highest BCUT2D eigenvalue weighted by atomic mass is 16.5. The van der Waals surface area contributed by atoms with E-state index in [0.717, 1.165) is 36.0 Å². The zero-order chi connectivity index (χ0) is 15.1. The molecule has 0 bridgehead atoms. The molecule has 0 unspecified atom stereocenters. The number of nitrogens with zero attached hydrogens (tertiary/aromatic N) is 2. The minimum absolute atomic E-state index is 0.581. The van der Waals surface area contributed by atoms with Gasteiger partial charge >= 0.3 is 0 Å². The number of para-hydroxylation sites is 1. The predicted octanol–water partition coefficient (Wildman–Crippen LogP) is 2.39. The zero-order valence-electron chi connectivity index (χ0n) is 12.9. The molecule has 0 fully saturated rings. The summed E-state index contributed by atoms with van der Waals surface area (Å²) in [6.45, 7) is 6.69. The van der Waals surface area contributed by atoms with Crippen LogP contribution in [0.2, 0.25) is 0 Å². The van der Waals surface area contributed by atoms with Gasteiger partial charge in [0.25, 0.3) is 0 Å². The van der Waals surface area contributed by atoms with Gasteiger partial charge in [0.15, 0.2) is 11.5 Å². The number of rotatable bonds is 8. The third kappa shape index (κ3) is 3.98. The summed E-state index contributed by atoms with van der Waals surface area (Å²) in [6, 6.07) is 5.99. The number of aryl methyl sites for hydroxylation is 1. The first-order chi connectivity index (χ1) is 10.3. The average Bonchev–Trinajstić information content (AvgIpc) is 2.88. The van der Waals surface area contributed by atoms with Crippen LogP contribution in [0.1, 0.15) is 18.3 Å². The Balaban J connectivity index is 2.07. The van der Waals surface area contributed by atoms with Gasteiger partial charge in [0.05, 0.1) is 13.2 Å². The van der Waals surface area contributed by atoms with Gasteiger partial charge in [-0.25, -0.2) is 4.98 Å². The molecule has 0 atom stereocenters.